The van der Waals surface area contributed by atoms with Gasteiger partial charge in [-0.25, -0.2) is 0 Å². The Kier molecular flexibility index (Phi) is 2.28. The first-order valence-corrected chi connectivity index (χ1v) is 5.00. The first kappa shape index (κ1) is 9.25. The zero-order valence-corrected chi connectivity index (χ0v) is 8.55. The van der Waals surface area contributed by atoms with Gasteiger partial charge in [0.05, 0.1) is 11.2 Å². The lowest BCUT2D eigenvalue weighted by Gasteiger charge is -1.98. The molecule has 0 radical (unpaired) electrons. The highest BCUT2D eigenvalue weighted by Crippen LogP contribution is 2.26. The number of halogens is 1. The number of aromatic nitrogens is 1. The van der Waals surface area contributed by atoms with Crippen LogP contribution in [0.4, 0.5) is 4.48 Å². The summed E-state index contributed by atoms with van der Waals surface area (Å²) < 4.78 is 13.8. The van der Waals surface area contributed by atoms with Crippen molar-refractivity contribution in [3.8, 4) is 0 Å². The molecule has 0 saturated carbocycles. The monoisotopic (exact) mass is 191 g/mol. The summed E-state index contributed by atoms with van der Waals surface area (Å²) in [4.78, 5) is 0.828. The van der Waals surface area contributed by atoms with Crippen LogP contribution in [0.15, 0.2) is 24.3 Å². The molecule has 2 aromatic rings. The van der Waals surface area contributed by atoms with Gasteiger partial charge in [0.25, 0.3) is 0 Å². The van der Waals surface area contributed by atoms with Gasteiger partial charge in [-0.3, -0.25) is 0 Å². The number of aryl methyl sites for hydroxylation is 1. The number of nitrogens with zero attached hydrogens (tertiary/aromatic N) is 1. The molecule has 0 bridgehead atoms. The van der Waals surface area contributed by atoms with E-state index in [0.717, 1.165) is 34.3 Å². The van der Waals surface area contributed by atoms with E-state index < -0.39 is 0 Å². The molecular formula is C12H14FN. The van der Waals surface area contributed by atoms with E-state index in [1.807, 2.05) is 31.2 Å². The zero-order chi connectivity index (χ0) is 10.1. The van der Waals surface area contributed by atoms with Gasteiger partial charge in [-0.2, -0.15) is 4.79 Å². The fourth-order valence-corrected chi connectivity index (χ4v) is 1.93. The van der Waals surface area contributed by atoms with Gasteiger partial charge in [0, 0.05) is 5.39 Å². The number of hydrogen-bond acceptors (Lipinski definition) is 0. The first-order chi connectivity index (χ1) is 6.75. The lowest BCUT2D eigenvalue weighted by molar-refractivity contribution is 0.370. The maximum absolute atomic E-state index is 13.8. The third-order valence-corrected chi connectivity index (χ3v) is 2.68. The van der Waals surface area contributed by atoms with Crippen molar-refractivity contribution in [3.05, 3.63) is 35.5 Å². The summed E-state index contributed by atoms with van der Waals surface area (Å²) in [5, 5.41) is 1.03. The molecule has 1 nitrogen and oxygen atoms in total. The van der Waals surface area contributed by atoms with Crippen LogP contribution in [-0.2, 0) is 6.42 Å². The Labute approximate surface area is 83.1 Å². The molecule has 0 unspecified atom stereocenters. The maximum atomic E-state index is 13.8. The molecule has 0 fully saturated rings. The molecule has 1 heterocycles. The molecule has 0 spiro atoms. The molecule has 0 N–H and O–H groups in total. The SMILES string of the molecule is CCCc1c(C)c2ccccc2n1F. The lowest BCUT2D eigenvalue weighted by Crippen LogP contribution is -1.92. The summed E-state index contributed by atoms with van der Waals surface area (Å²) in [6.07, 6.45) is 1.78. The molecule has 1 aromatic heterocycles. The zero-order valence-electron chi connectivity index (χ0n) is 8.55. The van der Waals surface area contributed by atoms with Crippen LogP contribution in [0.1, 0.15) is 24.6 Å². The normalized spacial score (nSPS) is 11.1. The molecule has 0 atom stereocenters. The second kappa shape index (κ2) is 3.45. The van der Waals surface area contributed by atoms with Crippen LogP contribution >= 0.6 is 0 Å². The molecule has 2 rings (SSSR count). The van der Waals surface area contributed by atoms with Gasteiger partial charge in [-0.15, -0.1) is 0 Å². The van der Waals surface area contributed by atoms with E-state index >= 15 is 0 Å². The van der Waals surface area contributed by atoms with Gasteiger partial charge in [-0.1, -0.05) is 36.0 Å². The second-order valence-electron chi connectivity index (χ2n) is 3.62. The van der Waals surface area contributed by atoms with Crippen LogP contribution in [0.2, 0.25) is 0 Å². The van der Waals surface area contributed by atoms with Crippen LogP contribution in [-0.4, -0.2) is 4.79 Å². The minimum atomic E-state index is 0.688. The van der Waals surface area contributed by atoms with Crippen LogP contribution in [0.5, 0.6) is 0 Å². The molecule has 0 aliphatic rings. The van der Waals surface area contributed by atoms with E-state index in [-0.39, 0.29) is 0 Å². The Morgan fingerprint density at radius 2 is 2.00 bits per heavy atom. The van der Waals surface area contributed by atoms with Crippen molar-refractivity contribution in [2.75, 3.05) is 0 Å². The third kappa shape index (κ3) is 1.22. The highest BCUT2D eigenvalue weighted by Gasteiger charge is 2.12. The number of para-hydroxylation sites is 1. The van der Waals surface area contributed by atoms with E-state index in [9.17, 15) is 4.48 Å². The van der Waals surface area contributed by atoms with Crippen LogP contribution < -0.4 is 0 Å². The number of benzene rings is 1. The van der Waals surface area contributed by atoms with E-state index in [4.69, 9.17) is 0 Å². The molecule has 0 aliphatic heterocycles. The smallest absolute Gasteiger partial charge is 0.0818 e. The predicted octanol–water partition coefficient (Wildman–Crippen LogP) is 3.63. The average Bonchev–Trinajstić information content (AvgIpc) is 2.45. The first-order valence-electron chi connectivity index (χ1n) is 5.00. The van der Waals surface area contributed by atoms with Gasteiger partial charge >= 0.3 is 0 Å². The summed E-state index contributed by atoms with van der Waals surface area (Å²) in [6, 6.07) is 7.61. The largest absolute Gasteiger partial charge is 0.183 e. The van der Waals surface area contributed by atoms with Crippen molar-refractivity contribution < 1.29 is 4.48 Å². The van der Waals surface area contributed by atoms with Gasteiger partial charge < -0.3 is 0 Å². The molecule has 0 saturated heterocycles. The standard InChI is InChI=1S/C12H14FN/c1-3-6-11-9(2)10-7-4-5-8-12(10)14(11)13/h4-5,7-8H,3,6H2,1-2H3. The van der Waals surface area contributed by atoms with E-state index in [1.54, 1.807) is 0 Å². The summed E-state index contributed by atoms with van der Waals surface area (Å²) in [7, 11) is 0. The fourth-order valence-electron chi connectivity index (χ4n) is 1.93. The Morgan fingerprint density at radius 3 is 2.64 bits per heavy atom. The van der Waals surface area contributed by atoms with E-state index in [0.29, 0.717) is 5.52 Å². The van der Waals surface area contributed by atoms with Crippen molar-refractivity contribution in [1.82, 2.24) is 4.79 Å². The van der Waals surface area contributed by atoms with Crippen molar-refractivity contribution in [3.63, 3.8) is 0 Å². The van der Waals surface area contributed by atoms with Crippen LogP contribution in [0.25, 0.3) is 10.9 Å². The average molecular weight is 191 g/mol. The quantitative estimate of drug-likeness (QED) is 0.683. The van der Waals surface area contributed by atoms with E-state index in [1.165, 1.54) is 0 Å². The number of hydrogen-bond donors (Lipinski definition) is 0. The highest BCUT2D eigenvalue weighted by atomic mass is 19.2. The summed E-state index contributed by atoms with van der Waals surface area (Å²) in [5.74, 6) is 0. The predicted molar refractivity (Wildman–Crippen MR) is 57.2 cm³/mol. The van der Waals surface area contributed by atoms with E-state index in [2.05, 4.69) is 6.92 Å². The van der Waals surface area contributed by atoms with Crippen molar-refractivity contribution in [2.24, 2.45) is 0 Å². The van der Waals surface area contributed by atoms with Gasteiger partial charge in [0.15, 0.2) is 0 Å². The van der Waals surface area contributed by atoms with Gasteiger partial charge in [-0.05, 0) is 25.0 Å². The van der Waals surface area contributed by atoms with Crippen molar-refractivity contribution in [2.45, 2.75) is 26.7 Å². The van der Waals surface area contributed by atoms with Gasteiger partial charge in [0.2, 0.25) is 0 Å². The van der Waals surface area contributed by atoms with Gasteiger partial charge in [0.1, 0.15) is 0 Å². The molecule has 14 heavy (non-hydrogen) atoms. The summed E-state index contributed by atoms with van der Waals surface area (Å²) in [6.45, 7) is 4.06. The Bertz CT molecular complexity index is 418. The molecule has 0 amide bonds. The molecule has 1 aromatic carbocycles. The molecular weight excluding hydrogens is 177 g/mol. The minimum Gasteiger partial charge on any atom is -0.183 e. The fraction of sp³-hybridized carbons (Fsp3) is 0.333. The summed E-state index contributed by atoms with van der Waals surface area (Å²) >= 11 is 0. The highest BCUT2D eigenvalue weighted by molar-refractivity contribution is 5.84. The molecule has 0 aliphatic carbocycles. The second-order valence-corrected chi connectivity index (χ2v) is 3.62. The van der Waals surface area contributed by atoms with Crippen LogP contribution in [0.3, 0.4) is 0 Å². The molecule has 74 valence electrons. The van der Waals surface area contributed by atoms with Crippen molar-refractivity contribution >= 4 is 10.9 Å². The Morgan fingerprint density at radius 1 is 1.29 bits per heavy atom. The van der Waals surface area contributed by atoms with Crippen molar-refractivity contribution in [1.29, 1.82) is 0 Å². The minimum absolute atomic E-state index is 0.688. The topological polar surface area (TPSA) is 4.93 Å². The summed E-state index contributed by atoms with van der Waals surface area (Å²) in [5.41, 5.74) is 2.58. The Balaban J connectivity index is 2.72. The Hall–Kier alpha value is -1.31. The number of rotatable bonds is 2. The maximum Gasteiger partial charge on any atom is 0.0818 e. The van der Waals surface area contributed by atoms with Crippen LogP contribution in [0, 0.1) is 6.92 Å². The molecule has 2 heteroatoms. The third-order valence-electron chi connectivity index (χ3n) is 2.68. The lowest BCUT2D eigenvalue weighted by atomic mass is 10.1. The number of fused-ring (bicyclic) bond motifs is 1.